The summed E-state index contributed by atoms with van der Waals surface area (Å²) < 4.78 is 4.81. The van der Waals surface area contributed by atoms with Gasteiger partial charge in [0.15, 0.2) is 0 Å². The Labute approximate surface area is 115 Å². The fourth-order valence-corrected chi connectivity index (χ4v) is 2.96. The van der Waals surface area contributed by atoms with Crippen LogP contribution in [0, 0.1) is 5.92 Å². The van der Waals surface area contributed by atoms with Crippen LogP contribution in [0.4, 0.5) is 0 Å². The number of benzene rings is 1. The first-order chi connectivity index (χ1) is 9.24. The van der Waals surface area contributed by atoms with Gasteiger partial charge in [-0.25, -0.2) is 4.79 Å². The molecule has 1 saturated carbocycles. The molecule has 0 amide bonds. The second-order valence-corrected chi connectivity index (χ2v) is 5.83. The fourth-order valence-electron chi connectivity index (χ4n) is 2.00. The smallest absolute Gasteiger partial charge is 0.353 e. The van der Waals surface area contributed by atoms with Crippen LogP contribution in [-0.2, 0) is 6.42 Å². The maximum atomic E-state index is 11.6. The van der Waals surface area contributed by atoms with Crippen molar-refractivity contribution < 1.29 is 9.52 Å². The predicted octanol–water partition coefficient (Wildman–Crippen LogP) is 3.45. The lowest BCUT2D eigenvalue weighted by Gasteiger charge is -2.08. The molecule has 1 aromatic heterocycles. The first-order valence-electron chi connectivity index (χ1n) is 6.30. The normalized spacial score (nSPS) is 14.5. The van der Waals surface area contributed by atoms with Gasteiger partial charge in [-0.15, -0.1) is 0 Å². The minimum atomic E-state index is -0.494. The highest BCUT2D eigenvalue weighted by Crippen LogP contribution is 2.38. The number of hydrogen-bond donors (Lipinski definition) is 1. The van der Waals surface area contributed by atoms with E-state index in [1.54, 1.807) is 0 Å². The monoisotopic (exact) mass is 274 g/mol. The zero-order chi connectivity index (χ0) is 13.2. The molecule has 2 aromatic rings. The number of rotatable bonds is 4. The van der Waals surface area contributed by atoms with Crippen LogP contribution in [-0.4, -0.2) is 5.11 Å². The summed E-state index contributed by atoms with van der Waals surface area (Å²) in [5, 5.41) is 9.76. The van der Waals surface area contributed by atoms with Crippen LogP contribution in [0.1, 0.15) is 18.4 Å². The molecular formula is C15H14O3S. The third-order valence-electron chi connectivity index (χ3n) is 3.21. The van der Waals surface area contributed by atoms with E-state index in [4.69, 9.17) is 4.42 Å². The quantitative estimate of drug-likeness (QED) is 0.927. The molecule has 3 nitrogen and oxygen atoms in total. The Kier molecular flexibility index (Phi) is 3.34. The van der Waals surface area contributed by atoms with Crippen molar-refractivity contribution in [2.45, 2.75) is 29.1 Å². The van der Waals surface area contributed by atoms with Crippen LogP contribution in [0.5, 0.6) is 5.75 Å². The van der Waals surface area contributed by atoms with Crippen molar-refractivity contribution in [2.24, 2.45) is 5.92 Å². The second kappa shape index (κ2) is 5.13. The lowest BCUT2D eigenvalue weighted by atomic mass is 10.1. The predicted molar refractivity (Wildman–Crippen MR) is 73.6 cm³/mol. The zero-order valence-corrected chi connectivity index (χ0v) is 11.2. The molecule has 0 atom stereocenters. The summed E-state index contributed by atoms with van der Waals surface area (Å²) in [6.45, 7) is 0. The lowest BCUT2D eigenvalue weighted by Crippen LogP contribution is -2.01. The highest BCUT2D eigenvalue weighted by molar-refractivity contribution is 7.99. The molecule has 1 N–H and O–H groups in total. The first kappa shape index (κ1) is 12.4. The van der Waals surface area contributed by atoms with Crippen molar-refractivity contribution in [3.05, 3.63) is 52.6 Å². The summed E-state index contributed by atoms with van der Waals surface area (Å²) in [6.07, 6.45) is 4.83. The average Bonchev–Trinajstić information content (AvgIpc) is 3.20. The van der Waals surface area contributed by atoms with E-state index >= 15 is 0 Å². The molecule has 4 heteroatoms. The van der Waals surface area contributed by atoms with E-state index in [0.29, 0.717) is 0 Å². The van der Waals surface area contributed by atoms with E-state index in [2.05, 4.69) is 6.07 Å². The summed E-state index contributed by atoms with van der Waals surface area (Å²) in [5.41, 5.74) is 0.740. The fraction of sp³-hybridized carbons (Fsp3) is 0.267. The van der Waals surface area contributed by atoms with Crippen molar-refractivity contribution in [1.29, 1.82) is 0 Å². The molecule has 1 aromatic carbocycles. The maximum Gasteiger partial charge on any atom is 0.353 e. The number of hydrogen-bond acceptors (Lipinski definition) is 4. The Morgan fingerprint density at radius 1 is 1.26 bits per heavy atom. The van der Waals surface area contributed by atoms with Crippen molar-refractivity contribution >= 4 is 11.8 Å². The Bertz CT molecular complexity index is 644. The van der Waals surface area contributed by atoms with Crippen LogP contribution in [0.3, 0.4) is 0 Å². The van der Waals surface area contributed by atoms with Gasteiger partial charge in [0.1, 0.15) is 10.6 Å². The van der Waals surface area contributed by atoms with E-state index < -0.39 is 5.63 Å². The summed E-state index contributed by atoms with van der Waals surface area (Å²) >= 11 is 1.28. The van der Waals surface area contributed by atoms with E-state index in [0.717, 1.165) is 17.2 Å². The van der Waals surface area contributed by atoms with Gasteiger partial charge < -0.3 is 9.52 Å². The molecule has 1 fully saturated rings. The van der Waals surface area contributed by atoms with Crippen molar-refractivity contribution in [2.75, 3.05) is 0 Å². The Hall–Kier alpha value is -1.68. The molecule has 3 rings (SSSR count). The molecular weight excluding hydrogens is 260 g/mol. The molecule has 19 heavy (non-hydrogen) atoms. The van der Waals surface area contributed by atoms with E-state index in [9.17, 15) is 9.90 Å². The highest BCUT2D eigenvalue weighted by atomic mass is 32.2. The summed E-state index contributed by atoms with van der Waals surface area (Å²) in [4.78, 5) is 12.9. The Morgan fingerprint density at radius 2 is 2.05 bits per heavy atom. The van der Waals surface area contributed by atoms with Crippen LogP contribution in [0.15, 0.2) is 55.6 Å². The van der Waals surface area contributed by atoms with Gasteiger partial charge in [-0.1, -0.05) is 30.0 Å². The largest absolute Gasteiger partial charge is 0.506 e. The molecule has 0 bridgehead atoms. The molecule has 0 radical (unpaired) electrons. The van der Waals surface area contributed by atoms with Crippen LogP contribution >= 0.6 is 11.8 Å². The molecule has 0 saturated heterocycles. The van der Waals surface area contributed by atoms with Gasteiger partial charge >= 0.3 is 5.63 Å². The highest BCUT2D eigenvalue weighted by Gasteiger charge is 2.23. The Morgan fingerprint density at radius 3 is 2.79 bits per heavy atom. The molecule has 0 unspecified atom stereocenters. The summed E-state index contributed by atoms with van der Waals surface area (Å²) in [7, 11) is 0. The van der Waals surface area contributed by atoms with Gasteiger partial charge in [0.05, 0.1) is 6.26 Å². The molecule has 0 aliphatic heterocycles. The average molecular weight is 274 g/mol. The number of aromatic hydroxyl groups is 1. The van der Waals surface area contributed by atoms with Crippen molar-refractivity contribution in [3.8, 4) is 5.75 Å². The third-order valence-corrected chi connectivity index (χ3v) is 4.41. The summed E-state index contributed by atoms with van der Waals surface area (Å²) in [5.74, 6) is 0.755. The zero-order valence-electron chi connectivity index (χ0n) is 10.3. The minimum absolute atomic E-state index is 0.0255. The summed E-state index contributed by atoms with van der Waals surface area (Å²) in [6, 6.07) is 9.42. The van der Waals surface area contributed by atoms with E-state index in [1.807, 2.05) is 18.2 Å². The Balaban J connectivity index is 1.92. The van der Waals surface area contributed by atoms with Crippen LogP contribution in [0.2, 0.25) is 0 Å². The van der Waals surface area contributed by atoms with Gasteiger partial charge in [-0.2, -0.15) is 0 Å². The molecule has 98 valence electrons. The molecule has 1 aliphatic carbocycles. The molecule has 1 heterocycles. The topological polar surface area (TPSA) is 50.4 Å². The second-order valence-electron chi connectivity index (χ2n) is 4.78. The van der Waals surface area contributed by atoms with E-state index in [-0.39, 0.29) is 10.6 Å². The maximum absolute atomic E-state index is 11.6. The van der Waals surface area contributed by atoms with Crippen molar-refractivity contribution in [1.82, 2.24) is 0 Å². The third kappa shape index (κ3) is 2.84. The van der Waals surface area contributed by atoms with Gasteiger partial charge in [0.2, 0.25) is 0 Å². The first-order valence-corrected chi connectivity index (χ1v) is 7.12. The van der Waals surface area contributed by atoms with Gasteiger partial charge in [0.25, 0.3) is 0 Å². The van der Waals surface area contributed by atoms with E-state index in [1.165, 1.54) is 42.5 Å². The van der Waals surface area contributed by atoms with Crippen LogP contribution in [0.25, 0.3) is 0 Å². The van der Waals surface area contributed by atoms with Gasteiger partial charge in [0, 0.05) is 11.0 Å². The van der Waals surface area contributed by atoms with Crippen LogP contribution < -0.4 is 5.63 Å². The van der Waals surface area contributed by atoms with Crippen molar-refractivity contribution in [3.63, 3.8) is 0 Å². The lowest BCUT2D eigenvalue weighted by molar-refractivity contribution is 0.424. The standard InChI is InChI=1S/C15H14O3S/c16-12-7-8-18-15(17)14(12)19-13-4-2-1-3-11(13)9-10-5-6-10/h1-4,7-8,10,16H,5-6,9H2. The molecule has 0 spiro atoms. The molecule has 1 aliphatic rings. The van der Waals surface area contributed by atoms with Gasteiger partial charge in [-0.05, 0) is 36.8 Å². The minimum Gasteiger partial charge on any atom is -0.506 e. The van der Waals surface area contributed by atoms with Gasteiger partial charge in [-0.3, -0.25) is 0 Å². The SMILES string of the molecule is O=c1occc(O)c1Sc1ccccc1CC1CC1.